The van der Waals surface area contributed by atoms with Gasteiger partial charge in [0.25, 0.3) is 0 Å². The van der Waals surface area contributed by atoms with Crippen LogP contribution < -0.4 is 16.0 Å². The van der Waals surface area contributed by atoms with E-state index in [9.17, 15) is 19.5 Å². The Morgan fingerprint density at radius 3 is 2.45 bits per heavy atom. The van der Waals surface area contributed by atoms with E-state index in [-0.39, 0.29) is 12.5 Å². The summed E-state index contributed by atoms with van der Waals surface area (Å²) in [6.45, 7) is 4.76. The van der Waals surface area contributed by atoms with E-state index in [0.29, 0.717) is 6.54 Å². The molecule has 3 atom stereocenters. The van der Waals surface area contributed by atoms with Crippen molar-refractivity contribution in [2.75, 3.05) is 13.2 Å². The summed E-state index contributed by atoms with van der Waals surface area (Å²) in [5, 5.41) is 25.7. The molecule has 1 saturated heterocycles. The molecule has 0 saturated carbocycles. The Hall–Kier alpha value is -1.87. The largest absolute Gasteiger partial charge is 0.480 e. The van der Waals surface area contributed by atoms with Gasteiger partial charge >= 0.3 is 12.1 Å². The highest BCUT2D eigenvalue weighted by Crippen LogP contribution is 2.08. The summed E-state index contributed by atoms with van der Waals surface area (Å²) in [6, 6.07) is -2.24. The molecular formula is C13H23N3O6. The zero-order chi connectivity index (χ0) is 16.9. The maximum atomic E-state index is 12.0. The molecule has 126 valence electrons. The SMILES string of the molecule is CC(C)(C)OC(=O)NC(CO)C(=O)NC1CNC(C(=O)O)C1. The average molecular weight is 317 g/mol. The number of amides is 2. The van der Waals surface area contributed by atoms with Crippen molar-refractivity contribution in [1.82, 2.24) is 16.0 Å². The predicted molar refractivity (Wildman–Crippen MR) is 76.2 cm³/mol. The van der Waals surface area contributed by atoms with Crippen LogP contribution in [0.2, 0.25) is 0 Å². The van der Waals surface area contributed by atoms with Crippen LogP contribution >= 0.6 is 0 Å². The monoisotopic (exact) mass is 317 g/mol. The number of hydrogen-bond acceptors (Lipinski definition) is 6. The number of carboxylic acid groups (broad SMARTS) is 1. The molecule has 2 amide bonds. The van der Waals surface area contributed by atoms with E-state index in [0.717, 1.165) is 0 Å². The van der Waals surface area contributed by atoms with Gasteiger partial charge in [-0.25, -0.2) is 4.79 Å². The zero-order valence-corrected chi connectivity index (χ0v) is 12.9. The van der Waals surface area contributed by atoms with Crippen LogP contribution in [0.3, 0.4) is 0 Å². The van der Waals surface area contributed by atoms with Gasteiger partial charge in [0.1, 0.15) is 17.7 Å². The number of rotatable bonds is 5. The lowest BCUT2D eigenvalue weighted by Gasteiger charge is -2.23. The van der Waals surface area contributed by atoms with Crippen molar-refractivity contribution in [2.45, 2.75) is 50.9 Å². The van der Waals surface area contributed by atoms with Crippen molar-refractivity contribution >= 4 is 18.0 Å². The quantitative estimate of drug-likeness (QED) is 0.429. The Morgan fingerprint density at radius 2 is 2.00 bits per heavy atom. The molecular weight excluding hydrogens is 294 g/mol. The van der Waals surface area contributed by atoms with Crippen LogP contribution in [0.5, 0.6) is 0 Å². The summed E-state index contributed by atoms with van der Waals surface area (Å²) in [6.07, 6.45) is -0.569. The van der Waals surface area contributed by atoms with Crippen LogP contribution in [0, 0.1) is 0 Å². The number of carboxylic acids is 1. The number of ether oxygens (including phenoxy) is 1. The maximum Gasteiger partial charge on any atom is 0.408 e. The number of nitrogens with one attached hydrogen (secondary N) is 3. The fraction of sp³-hybridized carbons (Fsp3) is 0.769. The molecule has 1 aliphatic rings. The van der Waals surface area contributed by atoms with E-state index in [1.807, 2.05) is 0 Å². The summed E-state index contributed by atoms with van der Waals surface area (Å²) in [5.41, 5.74) is -0.718. The fourth-order valence-electron chi connectivity index (χ4n) is 1.98. The molecule has 22 heavy (non-hydrogen) atoms. The van der Waals surface area contributed by atoms with Crippen molar-refractivity contribution < 1.29 is 29.3 Å². The van der Waals surface area contributed by atoms with E-state index >= 15 is 0 Å². The molecule has 1 heterocycles. The molecule has 9 heteroatoms. The van der Waals surface area contributed by atoms with Gasteiger partial charge in [-0.05, 0) is 27.2 Å². The lowest BCUT2D eigenvalue weighted by atomic mass is 10.1. The number of aliphatic hydroxyl groups is 1. The highest BCUT2D eigenvalue weighted by Gasteiger charge is 2.32. The second-order valence-corrected chi connectivity index (χ2v) is 6.12. The standard InChI is InChI=1S/C13H23N3O6/c1-13(2,3)22-12(21)16-9(6-17)10(18)15-7-4-8(11(19)20)14-5-7/h7-9,14,17H,4-6H2,1-3H3,(H,15,18)(H,16,21)(H,19,20). The highest BCUT2D eigenvalue weighted by atomic mass is 16.6. The normalized spacial score (nSPS) is 22.7. The minimum Gasteiger partial charge on any atom is -0.480 e. The highest BCUT2D eigenvalue weighted by molar-refractivity contribution is 5.86. The molecule has 0 aromatic carbocycles. The Balaban J connectivity index is 2.48. The van der Waals surface area contributed by atoms with Crippen molar-refractivity contribution in [1.29, 1.82) is 0 Å². The van der Waals surface area contributed by atoms with Gasteiger partial charge < -0.3 is 30.9 Å². The van der Waals surface area contributed by atoms with Gasteiger partial charge in [-0.15, -0.1) is 0 Å². The fourth-order valence-corrected chi connectivity index (χ4v) is 1.98. The smallest absolute Gasteiger partial charge is 0.408 e. The number of aliphatic hydroxyl groups excluding tert-OH is 1. The lowest BCUT2D eigenvalue weighted by molar-refractivity contribution is -0.139. The summed E-state index contributed by atoms with van der Waals surface area (Å²) in [4.78, 5) is 34.4. The molecule has 9 nitrogen and oxygen atoms in total. The summed E-state index contributed by atoms with van der Waals surface area (Å²) in [5.74, 6) is -1.58. The van der Waals surface area contributed by atoms with Crippen molar-refractivity contribution in [2.24, 2.45) is 0 Å². The van der Waals surface area contributed by atoms with E-state index in [1.165, 1.54) is 0 Å². The minimum absolute atomic E-state index is 0.242. The van der Waals surface area contributed by atoms with Gasteiger partial charge in [-0.1, -0.05) is 0 Å². The first-order valence-electron chi connectivity index (χ1n) is 6.99. The third-order valence-electron chi connectivity index (χ3n) is 2.97. The number of carbonyl (C=O) groups excluding carboxylic acids is 2. The Morgan fingerprint density at radius 1 is 1.36 bits per heavy atom. The molecule has 1 aliphatic heterocycles. The summed E-state index contributed by atoms with van der Waals surface area (Å²) in [7, 11) is 0. The molecule has 3 unspecified atom stereocenters. The molecule has 0 aliphatic carbocycles. The Kier molecular flexibility index (Phi) is 6.12. The second-order valence-electron chi connectivity index (χ2n) is 6.12. The van der Waals surface area contributed by atoms with Crippen LogP contribution in [0.25, 0.3) is 0 Å². The van der Waals surface area contributed by atoms with Crippen molar-refractivity contribution in [3.63, 3.8) is 0 Å². The molecule has 0 aromatic heterocycles. The molecule has 0 bridgehead atoms. The summed E-state index contributed by atoms with van der Waals surface area (Å²) < 4.78 is 5.01. The van der Waals surface area contributed by atoms with Crippen LogP contribution in [-0.4, -0.2) is 65.1 Å². The summed E-state index contributed by atoms with van der Waals surface area (Å²) >= 11 is 0. The number of carbonyl (C=O) groups is 3. The minimum atomic E-state index is -1.15. The molecule has 0 aromatic rings. The van der Waals surface area contributed by atoms with E-state index in [1.54, 1.807) is 20.8 Å². The predicted octanol–water partition coefficient (Wildman–Crippen LogP) is -1.20. The third kappa shape index (κ3) is 5.86. The van der Waals surface area contributed by atoms with Gasteiger partial charge in [-0.2, -0.15) is 0 Å². The molecule has 5 N–H and O–H groups in total. The van der Waals surface area contributed by atoms with E-state index < -0.39 is 42.3 Å². The zero-order valence-electron chi connectivity index (χ0n) is 12.9. The third-order valence-corrected chi connectivity index (χ3v) is 2.97. The van der Waals surface area contributed by atoms with Gasteiger partial charge in [0.15, 0.2) is 0 Å². The van der Waals surface area contributed by atoms with E-state index in [4.69, 9.17) is 9.84 Å². The van der Waals surface area contributed by atoms with Gasteiger partial charge in [-0.3, -0.25) is 9.59 Å². The van der Waals surface area contributed by atoms with Crippen molar-refractivity contribution in [3.8, 4) is 0 Å². The molecule has 0 spiro atoms. The first-order valence-corrected chi connectivity index (χ1v) is 6.99. The maximum absolute atomic E-state index is 12.0. The van der Waals surface area contributed by atoms with Crippen LogP contribution in [0.15, 0.2) is 0 Å². The topological polar surface area (TPSA) is 137 Å². The van der Waals surface area contributed by atoms with Crippen LogP contribution in [0.1, 0.15) is 27.2 Å². The van der Waals surface area contributed by atoms with Crippen LogP contribution in [-0.2, 0) is 14.3 Å². The molecule has 0 radical (unpaired) electrons. The number of hydrogen-bond donors (Lipinski definition) is 5. The van der Waals surface area contributed by atoms with Crippen LogP contribution in [0.4, 0.5) is 4.79 Å². The van der Waals surface area contributed by atoms with Gasteiger partial charge in [0, 0.05) is 12.6 Å². The first kappa shape index (κ1) is 18.2. The number of alkyl carbamates (subject to hydrolysis) is 1. The second kappa shape index (κ2) is 7.41. The van der Waals surface area contributed by atoms with Gasteiger partial charge in [0.05, 0.1) is 6.61 Å². The van der Waals surface area contributed by atoms with E-state index in [2.05, 4.69) is 16.0 Å². The Labute approximate surface area is 128 Å². The van der Waals surface area contributed by atoms with Crippen molar-refractivity contribution in [3.05, 3.63) is 0 Å². The Bertz CT molecular complexity index is 434. The first-order chi connectivity index (χ1) is 10.1. The number of aliphatic carboxylic acids is 1. The average Bonchev–Trinajstić information content (AvgIpc) is 2.82. The molecule has 1 fully saturated rings. The lowest BCUT2D eigenvalue weighted by Crippen LogP contribution is -2.52. The van der Waals surface area contributed by atoms with Gasteiger partial charge in [0.2, 0.25) is 5.91 Å². The molecule has 1 rings (SSSR count).